The second kappa shape index (κ2) is 7.46. The summed E-state index contributed by atoms with van der Waals surface area (Å²) in [7, 11) is -3.94. The molecule has 0 bridgehead atoms. The van der Waals surface area contributed by atoms with Crippen molar-refractivity contribution in [2.45, 2.75) is 25.5 Å². The summed E-state index contributed by atoms with van der Waals surface area (Å²) in [5, 5.41) is 4.73. The molecule has 3 heterocycles. The number of benzene rings is 1. The van der Waals surface area contributed by atoms with E-state index in [1.54, 1.807) is 11.4 Å². The molecule has 4 rings (SSSR count). The molecule has 6 nitrogen and oxygen atoms in total. The minimum atomic E-state index is -3.94. The number of thiophene rings is 1. The van der Waals surface area contributed by atoms with Crippen LogP contribution in [0.15, 0.2) is 52.9 Å². The molecule has 1 unspecified atom stereocenters. The van der Waals surface area contributed by atoms with Crippen molar-refractivity contribution in [1.29, 1.82) is 0 Å². The van der Waals surface area contributed by atoms with Crippen LogP contribution in [0.1, 0.15) is 28.1 Å². The summed E-state index contributed by atoms with van der Waals surface area (Å²) in [4.78, 5) is 13.0. The molecule has 0 saturated carbocycles. The molecule has 1 saturated heterocycles. The van der Waals surface area contributed by atoms with Gasteiger partial charge in [0.15, 0.2) is 4.91 Å². The van der Waals surface area contributed by atoms with E-state index in [2.05, 4.69) is 5.32 Å². The Morgan fingerprint density at radius 3 is 2.81 bits per heavy atom. The lowest BCUT2D eigenvalue weighted by Gasteiger charge is -2.29. The Hall–Kier alpha value is -2.16. The number of allylic oxidation sites excluding steroid dienone is 1. The SMILES string of the molecule is O=C1/C(=C/NCC2CCCO2)S(=O)(=O)N(Cc2ccccc2)c2ccsc21. The maximum atomic E-state index is 13.2. The maximum absolute atomic E-state index is 13.2. The van der Waals surface area contributed by atoms with Gasteiger partial charge >= 0.3 is 0 Å². The average Bonchev–Trinajstić information content (AvgIpc) is 3.34. The van der Waals surface area contributed by atoms with Crippen molar-refractivity contribution in [3.63, 3.8) is 0 Å². The number of hydrogen-bond donors (Lipinski definition) is 1. The molecule has 0 aliphatic carbocycles. The number of carbonyl (C=O) groups is 1. The summed E-state index contributed by atoms with van der Waals surface area (Å²) < 4.78 is 33.2. The van der Waals surface area contributed by atoms with Gasteiger partial charge in [0.1, 0.15) is 4.88 Å². The predicted octanol–water partition coefficient (Wildman–Crippen LogP) is 2.89. The molecule has 0 spiro atoms. The van der Waals surface area contributed by atoms with Gasteiger partial charge in [-0.25, -0.2) is 8.42 Å². The number of Topliss-reactive ketones (excluding diaryl/α,β-unsaturated/α-hetero) is 1. The minimum Gasteiger partial charge on any atom is -0.387 e. The second-order valence-corrected chi connectivity index (χ2v) is 9.26. The standard InChI is InChI=1S/C19H20N2O4S2/c22-18-17(12-20-11-15-7-4-9-25-15)27(23,24)21(16-8-10-26-19(16)18)13-14-5-2-1-3-6-14/h1-3,5-6,8,10,12,15,20H,4,7,9,11,13H2/b17-12-. The van der Waals surface area contributed by atoms with Crippen molar-refractivity contribution in [2.75, 3.05) is 17.5 Å². The first-order chi connectivity index (χ1) is 13.1. The fourth-order valence-corrected chi connectivity index (χ4v) is 5.80. The van der Waals surface area contributed by atoms with E-state index < -0.39 is 15.8 Å². The number of sulfonamides is 1. The van der Waals surface area contributed by atoms with Gasteiger partial charge in [-0.2, -0.15) is 0 Å². The zero-order valence-electron chi connectivity index (χ0n) is 14.6. The van der Waals surface area contributed by atoms with E-state index in [4.69, 9.17) is 4.74 Å². The van der Waals surface area contributed by atoms with E-state index >= 15 is 0 Å². The fraction of sp³-hybridized carbons (Fsp3) is 0.316. The van der Waals surface area contributed by atoms with Crippen LogP contribution in [0.4, 0.5) is 5.69 Å². The maximum Gasteiger partial charge on any atom is 0.270 e. The Morgan fingerprint density at radius 2 is 2.07 bits per heavy atom. The lowest BCUT2D eigenvalue weighted by atomic mass is 10.2. The highest BCUT2D eigenvalue weighted by molar-refractivity contribution is 7.97. The van der Waals surface area contributed by atoms with Gasteiger partial charge in [0.2, 0.25) is 5.78 Å². The quantitative estimate of drug-likeness (QED) is 0.776. The van der Waals surface area contributed by atoms with Crippen molar-refractivity contribution in [3.8, 4) is 0 Å². The van der Waals surface area contributed by atoms with Crippen LogP contribution in [0.5, 0.6) is 0 Å². The summed E-state index contributed by atoms with van der Waals surface area (Å²) in [6.45, 7) is 1.40. The highest BCUT2D eigenvalue weighted by Crippen LogP contribution is 2.39. The third kappa shape index (κ3) is 3.52. The normalized spacial score (nSPS) is 22.8. The lowest BCUT2D eigenvalue weighted by molar-refractivity contribution is 0.104. The van der Waals surface area contributed by atoms with Gasteiger partial charge in [0, 0.05) is 19.4 Å². The summed E-state index contributed by atoms with van der Waals surface area (Å²) in [5.74, 6) is -0.454. The molecule has 1 aromatic heterocycles. The van der Waals surface area contributed by atoms with Crippen molar-refractivity contribution in [2.24, 2.45) is 0 Å². The Balaban J connectivity index is 1.65. The number of rotatable bonds is 5. The van der Waals surface area contributed by atoms with E-state index in [-0.39, 0.29) is 17.6 Å². The number of nitrogens with zero attached hydrogens (tertiary/aromatic N) is 1. The summed E-state index contributed by atoms with van der Waals surface area (Å²) in [6.07, 6.45) is 3.33. The highest BCUT2D eigenvalue weighted by Gasteiger charge is 2.41. The van der Waals surface area contributed by atoms with Crippen LogP contribution >= 0.6 is 11.3 Å². The lowest BCUT2D eigenvalue weighted by Crippen LogP contribution is -2.39. The molecule has 0 amide bonds. The summed E-state index contributed by atoms with van der Waals surface area (Å²) in [6, 6.07) is 11.0. The molecule has 27 heavy (non-hydrogen) atoms. The van der Waals surface area contributed by atoms with Gasteiger partial charge in [-0.1, -0.05) is 30.3 Å². The first kappa shape index (κ1) is 18.2. The Bertz CT molecular complexity index is 961. The monoisotopic (exact) mass is 404 g/mol. The van der Waals surface area contributed by atoms with Crippen LogP contribution in [0, 0.1) is 0 Å². The van der Waals surface area contributed by atoms with E-state index in [0.29, 0.717) is 17.1 Å². The zero-order chi connectivity index (χ0) is 18.9. The molecule has 1 N–H and O–H groups in total. The van der Waals surface area contributed by atoms with E-state index in [1.165, 1.54) is 21.8 Å². The third-order valence-corrected chi connectivity index (χ3v) is 7.35. The van der Waals surface area contributed by atoms with E-state index in [0.717, 1.165) is 25.0 Å². The first-order valence-corrected chi connectivity index (χ1v) is 11.1. The second-order valence-electron chi connectivity index (χ2n) is 6.51. The van der Waals surface area contributed by atoms with Gasteiger partial charge in [-0.3, -0.25) is 9.10 Å². The molecule has 2 aliphatic heterocycles. The highest BCUT2D eigenvalue weighted by atomic mass is 32.2. The molecule has 0 radical (unpaired) electrons. The van der Waals surface area contributed by atoms with Crippen LogP contribution < -0.4 is 9.62 Å². The van der Waals surface area contributed by atoms with Gasteiger partial charge in [-0.05, 0) is 29.9 Å². The van der Waals surface area contributed by atoms with Gasteiger partial charge in [0.25, 0.3) is 10.0 Å². The average molecular weight is 405 g/mol. The van der Waals surface area contributed by atoms with Crippen molar-refractivity contribution < 1.29 is 17.9 Å². The zero-order valence-corrected chi connectivity index (χ0v) is 16.3. The van der Waals surface area contributed by atoms with Crippen LogP contribution in [0.25, 0.3) is 0 Å². The van der Waals surface area contributed by atoms with Crippen LogP contribution in [-0.2, 0) is 21.3 Å². The number of nitrogens with one attached hydrogen (secondary N) is 1. The third-order valence-electron chi connectivity index (χ3n) is 4.68. The van der Waals surface area contributed by atoms with Gasteiger partial charge in [-0.15, -0.1) is 11.3 Å². The Kier molecular flexibility index (Phi) is 5.03. The van der Waals surface area contributed by atoms with Crippen LogP contribution in [-0.4, -0.2) is 33.5 Å². The molecule has 2 aromatic rings. The number of anilines is 1. The summed E-state index contributed by atoms with van der Waals surface area (Å²) >= 11 is 1.26. The van der Waals surface area contributed by atoms with E-state index in [1.807, 2.05) is 30.3 Å². The molecule has 8 heteroatoms. The molecular weight excluding hydrogens is 384 g/mol. The smallest absolute Gasteiger partial charge is 0.270 e. The van der Waals surface area contributed by atoms with Gasteiger partial charge < -0.3 is 10.1 Å². The van der Waals surface area contributed by atoms with Crippen molar-refractivity contribution in [1.82, 2.24) is 5.32 Å². The molecule has 2 aliphatic rings. The number of fused-ring (bicyclic) bond motifs is 1. The number of ketones is 1. The number of hydrogen-bond acceptors (Lipinski definition) is 6. The predicted molar refractivity (Wildman–Crippen MR) is 105 cm³/mol. The van der Waals surface area contributed by atoms with Crippen molar-refractivity contribution in [3.05, 3.63) is 63.3 Å². The molecule has 142 valence electrons. The summed E-state index contributed by atoms with van der Waals surface area (Å²) in [5.41, 5.74) is 1.31. The van der Waals surface area contributed by atoms with Crippen LogP contribution in [0.3, 0.4) is 0 Å². The van der Waals surface area contributed by atoms with Crippen LogP contribution in [0.2, 0.25) is 0 Å². The first-order valence-electron chi connectivity index (χ1n) is 8.81. The largest absolute Gasteiger partial charge is 0.387 e. The number of carbonyl (C=O) groups excluding carboxylic acids is 1. The molecule has 1 fully saturated rings. The topological polar surface area (TPSA) is 75.7 Å². The Labute approximate surface area is 162 Å². The molecule has 1 atom stereocenters. The molecular formula is C19H20N2O4S2. The minimum absolute atomic E-state index is 0.0565. The fourth-order valence-electron chi connectivity index (χ4n) is 3.29. The number of ether oxygens (including phenoxy) is 1. The Morgan fingerprint density at radius 1 is 1.26 bits per heavy atom. The van der Waals surface area contributed by atoms with E-state index in [9.17, 15) is 13.2 Å². The van der Waals surface area contributed by atoms with Gasteiger partial charge in [0.05, 0.1) is 18.3 Å². The van der Waals surface area contributed by atoms with Crippen molar-refractivity contribution >= 4 is 32.8 Å². The molecule has 1 aromatic carbocycles.